The fourth-order valence-electron chi connectivity index (χ4n) is 2.02. The second-order valence-corrected chi connectivity index (χ2v) is 4.52. The summed E-state index contributed by atoms with van der Waals surface area (Å²) in [4.78, 5) is 11.0. The normalized spacial score (nSPS) is 11.4. The second kappa shape index (κ2) is 5.55. The Kier molecular flexibility index (Phi) is 3.97. The summed E-state index contributed by atoms with van der Waals surface area (Å²) < 4.78 is 51.6. The summed E-state index contributed by atoms with van der Waals surface area (Å²) in [6.45, 7) is 0. The molecule has 0 fully saturated rings. The fraction of sp³-hybridized carbons (Fsp3) is 0.133. The molecule has 2 rings (SSSR count). The molecule has 0 radical (unpaired) electrons. The van der Waals surface area contributed by atoms with Crippen molar-refractivity contribution < 1.29 is 22.4 Å². The van der Waals surface area contributed by atoms with Gasteiger partial charge in [0, 0.05) is 0 Å². The van der Waals surface area contributed by atoms with Crippen molar-refractivity contribution in [2.75, 3.05) is 0 Å². The van der Waals surface area contributed by atoms with E-state index in [-0.39, 0.29) is 17.5 Å². The smallest absolute Gasteiger partial charge is 0.369 e. The van der Waals surface area contributed by atoms with Crippen molar-refractivity contribution in [2.24, 2.45) is 5.73 Å². The van der Waals surface area contributed by atoms with Gasteiger partial charge in [0.2, 0.25) is 5.91 Å². The lowest BCUT2D eigenvalue weighted by atomic mass is 9.95. The molecule has 6 heteroatoms. The first kappa shape index (κ1) is 15.0. The summed E-state index contributed by atoms with van der Waals surface area (Å²) in [6.07, 6.45) is -4.74. The number of hydrogen-bond donors (Lipinski definition) is 1. The summed E-state index contributed by atoms with van der Waals surface area (Å²) in [5.41, 5.74) is 4.95. The van der Waals surface area contributed by atoms with E-state index in [1.54, 1.807) is 0 Å². The third kappa shape index (κ3) is 3.59. The molecule has 0 aromatic heterocycles. The highest BCUT2D eigenvalue weighted by Crippen LogP contribution is 2.34. The van der Waals surface area contributed by atoms with Crippen LogP contribution < -0.4 is 5.73 Å². The molecule has 0 bridgehead atoms. The Balaban J connectivity index is 2.60. The summed E-state index contributed by atoms with van der Waals surface area (Å²) in [5, 5.41) is 0. The molecule has 2 nitrogen and oxygen atoms in total. The molecular formula is C15H11F4NO. The largest absolute Gasteiger partial charge is 0.416 e. The molecule has 0 atom stereocenters. The maximum absolute atomic E-state index is 13.3. The zero-order chi connectivity index (χ0) is 15.6. The average molecular weight is 297 g/mol. The lowest BCUT2D eigenvalue weighted by molar-refractivity contribution is -0.137. The molecule has 0 aliphatic rings. The van der Waals surface area contributed by atoms with Crippen LogP contribution in [0.1, 0.15) is 11.1 Å². The predicted molar refractivity (Wildman–Crippen MR) is 69.7 cm³/mol. The highest BCUT2D eigenvalue weighted by molar-refractivity contribution is 5.80. The van der Waals surface area contributed by atoms with E-state index in [2.05, 4.69) is 0 Å². The first-order valence-corrected chi connectivity index (χ1v) is 6.02. The van der Waals surface area contributed by atoms with Gasteiger partial charge in [-0.25, -0.2) is 4.39 Å². The number of carbonyl (C=O) groups is 1. The van der Waals surface area contributed by atoms with E-state index in [1.165, 1.54) is 24.3 Å². The number of alkyl halides is 3. The SMILES string of the molecule is NC(=O)Cc1ccc(C(F)(F)F)cc1-c1cccc(F)c1. The Bertz CT molecular complexity index is 680. The van der Waals surface area contributed by atoms with Gasteiger partial charge in [0.25, 0.3) is 0 Å². The number of amides is 1. The maximum atomic E-state index is 13.3. The Morgan fingerprint density at radius 3 is 2.38 bits per heavy atom. The standard InChI is InChI=1S/C15H11F4NO/c16-12-3-1-2-9(6-12)13-8-11(15(17,18)19)5-4-10(13)7-14(20)21/h1-6,8H,7H2,(H2,20,21). The molecule has 0 aliphatic carbocycles. The first-order chi connectivity index (χ1) is 9.77. The van der Waals surface area contributed by atoms with Gasteiger partial charge in [0.1, 0.15) is 5.82 Å². The van der Waals surface area contributed by atoms with E-state index in [0.29, 0.717) is 5.56 Å². The maximum Gasteiger partial charge on any atom is 0.416 e. The van der Waals surface area contributed by atoms with Crippen molar-refractivity contribution in [3.63, 3.8) is 0 Å². The highest BCUT2D eigenvalue weighted by Gasteiger charge is 2.31. The molecule has 0 saturated heterocycles. The zero-order valence-corrected chi connectivity index (χ0v) is 10.7. The molecule has 2 N–H and O–H groups in total. The Hall–Kier alpha value is -2.37. The number of halogens is 4. The number of nitrogens with two attached hydrogens (primary N) is 1. The minimum atomic E-state index is -4.52. The zero-order valence-electron chi connectivity index (χ0n) is 10.7. The first-order valence-electron chi connectivity index (χ1n) is 6.02. The van der Waals surface area contributed by atoms with Crippen molar-refractivity contribution in [3.05, 3.63) is 59.4 Å². The second-order valence-electron chi connectivity index (χ2n) is 4.52. The van der Waals surface area contributed by atoms with Crippen LogP contribution >= 0.6 is 0 Å². The van der Waals surface area contributed by atoms with Crippen molar-refractivity contribution in [1.82, 2.24) is 0 Å². The number of primary amides is 1. The molecule has 0 spiro atoms. The van der Waals surface area contributed by atoms with Gasteiger partial charge in [-0.15, -0.1) is 0 Å². The third-order valence-electron chi connectivity index (χ3n) is 2.94. The van der Waals surface area contributed by atoms with Crippen LogP contribution in [-0.2, 0) is 17.4 Å². The Morgan fingerprint density at radius 1 is 1.10 bits per heavy atom. The number of carbonyl (C=O) groups excluding carboxylic acids is 1. The van der Waals surface area contributed by atoms with Gasteiger partial charge < -0.3 is 5.73 Å². The van der Waals surface area contributed by atoms with Gasteiger partial charge in [-0.1, -0.05) is 18.2 Å². The molecule has 2 aromatic rings. The van der Waals surface area contributed by atoms with Gasteiger partial charge in [-0.2, -0.15) is 13.2 Å². The van der Waals surface area contributed by atoms with Gasteiger partial charge in [0.05, 0.1) is 12.0 Å². The van der Waals surface area contributed by atoms with Crippen LogP contribution in [0.25, 0.3) is 11.1 Å². The summed E-state index contributed by atoms with van der Waals surface area (Å²) >= 11 is 0. The van der Waals surface area contributed by atoms with Gasteiger partial charge in [0.15, 0.2) is 0 Å². The molecule has 21 heavy (non-hydrogen) atoms. The lowest BCUT2D eigenvalue weighted by Crippen LogP contribution is -2.15. The van der Waals surface area contributed by atoms with E-state index >= 15 is 0 Å². The molecule has 0 heterocycles. The van der Waals surface area contributed by atoms with Crippen molar-refractivity contribution in [1.29, 1.82) is 0 Å². The van der Waals surface area contributed by atoms with Crippen LogP contribution in [0.15, 0.2) is 42.5 Å². The molecule has 2 aromatic carbocycles. The predicted octanol–water partition coefficient (Wildman–Crippen LogP) is 3.54. The lowest BCUT2D eigenvalue weighted by Gasteiger charge is -2.13. The third-order valence-corrected chi connectivity index (χ3v) is 2.94. The van der Waals surface area contributed by atoms with Crippen LogP contribution in [0.4, 0.5) is 17.6 Å². The highest BCUT2D eigenvalue weighted by atomic mass is 19.4. The van der Waals surface area contributed by atoms with E-state index in [1.807, 2.05) is 0 Å². The molecule has 110 valence electrons. The summed E-state index contributed by atoms with van der Waals surface area (Å²) in [7, 11) is 0. The molecule has 0 aliphatic heterocycles. The van der Waals surface area contributed by atoms with E-state index < -0.39 is 23.5 Å². The Morgan fingerprint density at radius 2 is 1.81 bits per heavy atom. The van der Waals surface area contributed by atoms with E-state index in [0.717, 1.165) is 18.2 Å². The van der Waals surface area contributed by atoms with Crippen LogP contribution in [-0.4, -0.2) is 5.91 Å². The number of hydrogen-bond acceptors (Lipinski definition) is 1. The minimum absolute atomic E-state index is 0.142. The van der Waals surface area contributed by atoms with Crippen molar-refractivity contribution >= 4 is 5.91 Å². The molecule has 0 saturated carbocycles. The van der Waals surface area contributed by atoms with Crippen LogP contribution in [0.5, 0.6) is 0 Å². The quantitative estimate of drug-likeness (QED) is 0.865. The number of benzene rings is 2. The van der Waals surface area contributed by atoms with E-state index in [9.17, 15) is 22.4 Å². The molecular weight excluding hydrogens is 286 g/mol. The topological polar surface area (TPSA) is 43.1 Å². The minimum Gasteiger partial charge on any atom is -0.369 e. The molecule has 0 unspecified atom stereocenters. The van der Waals surface area contributed by atoms with Gasteiger partial charge in [-0.05, 0) is 41.0 Å². The van der Waals surface area contributed by atoms with E-state index in [4.69, 9.17) is 5.73 Å². The summed E-state index contributed by atoms with van der Waals surface area (Å²) in [6, 6.07) is 8.12. The van der Waals surface area contributed by atoms with Crippen LogP contribution in [0.3, 0.4) is 0 Å². The van der Waals surface area contributed by atoms with Crippen LogP contribution in [0.2, 0.25) is 0 Å². The monoisotopic (exact) mass is 297 g/mol. The molecule has 1 amide bonds. The Labute approximate surface area is 118 Å². The number of rotatable bonds is 3. The summed E-state index contributed by atoms with van der Waals surface area (Å²) in [5.74, 6) is -1.25. The van der Waals surface area contributed by atoms with Crippen LogP contribution in [0, 0.1) is 5.82 Å². The van der Waals surface area contributed by atoms with Crippen molar-refractivity contribution in [2.45, 2.75) is 12.6 Å². The average Bonchev–Trinajstić information content (AvgIpc) is 2.37. The van der Waals surface area contributed by atoms with Gasteiger partial charge in [-0.3, -0.25) is 4.79 Å². The fourth-order valence-corrected chi connectivity index (χ4v) is 2.02. The van der Waals surface area contributed by atoms with Gasteiger partial charge >= 0.3 is 6.18 Å². The van der Waals surface area contributed by atoms with Crippen molar-refractivity contribution in [3.8, 4) is 11.1 Å².